The van der Waals surface area contributed by atoms with Crippen LogP contribution in [0.1, 0.15) is 27.2 Å². The average Bonchev–Trinajstić information content (AvgIpc) is 2.25. The molecule has 0 radical (unpaired) electrons. The van der Waals surface area contributed by atoms with Crippen molar-refractivity contribution < 1.29 is 19.4 Å². The zero-order valence-corrected chi connectivity index (χ0v) is 10.9. The SMILES string of the molecule is CCC(NC(=O)N(CCOC)C(C)C)C(=O)O. The zero-order valence-electron chi connectivity index (χ0n) is 10.9. The fourth-order valence-corrected chi connectivity index (χ4v) is 1.35. The molecule has 0 saturated heterocycles. The number of aliphatic carboxylic acids is 1. The van der Waals surface area contributed by atoms with Gasteiger partial charge in [0, 0.05) is 19.7 Å². The number of hydrogen-bond donors (Lipinski definition) is 2. The van der Waals surface area contributed by atoms with Crippen molar-refractivity contribution in [2.75, 3.05) is 20.3 Å². The van der Waals surface area contributed by atoms with Gasteiger partial charge < -0.3 is 20.1 Å². The minimum Gasteiger partial charge on any atom is -0.480 e. The standard InChI is InChI=1S/C11H22N2O4/c1-5-9(10(14)15)12-11(16)13(8(2)3)6-7-17-4/h8-9H,5-7H2,1-4H3,(H,12,16)(H,14,15). The molecule has 0 aliphatic carbocycles. The summed E-state index contributed by atoms with van der Waals surface area (Å²) >= 11 is 0. The first-order valence-electron chi connectivity index (χ1n) is 5.72. The number of rotatable bonds is 7. The Morgan fingerprint density at radius 3 is 2.35 bits per heavy atom. The summed E-state index contributed by atoms with van der Waals surface area (Å²) in [7, 11) is 1.56. The van der Waals surface area contributed by atoms with Crippen molar-refractivity contribution in [1.29, 1.82) is 0 Å². The average molecular weight is 246 g/mol. The molecule has 0 saturated carbocycles. The first-order valence-corrected chi connectivity index (χ1v) is 5.72. The van der Waals surface area contributed by atoms with Gasteiger partial charge in [-0.3, -0.25) is 0 Å². The number of hydrogen-bond acceptors (Lipinski definition) is 3. The van der Waals surface area contributed by atoms with Crippen LogP contribution in [0.2, 0.25) is 0 Å². The molecule has 0 aliphatic rings. The molecule has 100 valence electrons. The number of urea groups is 1. The largest absolute Gasteiger partial charge is 0.480 e. The van der Waals surface area contributed by atoms with Crippen LogP contribution in [0.4, 0.5) is 4.79 Å². The van der Waals surface area contributed by atoms with E-state index in [1.54, 1.807) is 18.9 Å². The Morgan fingerprint density at radius 2 is 2.00 bits per heavy atom. The van der Waals surface area contributed by atoms with Gasteiger partial charge in [-0.15, -0.1) is 0 Å². The van der Waals surface area contributed by atoms with Crippen LogP contribution in [0, 0.1) is 0 Å². The summed E-state index contributed by atoms with van der Waals surface area (Å²) in [6.07, 6.45) is 0.358. The van der Waals surface area contributed by atoms with Gasteiger partial charge in [0.05, 0.1) is 6.61 Å². The molecule has 1 unspecified atom stereocenters. The maximum Gasteiger partial charge on any atom is 0.326 e. The van der Waals surface area contributed by atoms with E-state index in [0.29, 0.717) is 19.6 Å². The third-order valence-electron chi connectivity index (χ3n) is 2.42. The third-order valence-corrected chi connectivity index (χ3v) is 2.42. The summed E-state index contributed by atoms with van der Waals surface area (Å²) < 4.78 is 4.91. The van der Waals surface area contributed by atoms with Gasteiger partial charge in [0.1, 0.15) is 6.04 Å². The molecule has 0 aromatic heterocycles. The molecule has 2 amide bonds. The van der Waals surface area contributed by atoms with Gasteiger partial charge in [-0.2, -0.15) is 0 Å². The Kier molecular flexibility index (Phi) is 7.29. The Labute approximate surface area is 102 Å². The van der Waals surface area contributed by atoms with Crippen molar-refractivity contribution >= 4 is 12.0 Å². The van der Waals surface area contributed by atoms with Crippen LogP contribution in [0.15, 0.2) is 0 Å². The summed E-state index contributed by atoms with van der Waals surface area (Å²) in [5.41, 5.74) is 0. The fourth-order valence-electron chi connectivity index (χ4n) is 1.35. The normalized spacial score (nSPS) is 12.3. The number of carboxylic acid groups (broad SMARTS) is 1. The highest BCUT2D eigenvalue weighted by molar-refractivity contribution is 5.82. The molecule has 0 fully saturated rings. The highest BCUT2D eigenvalue weighted by Crippen LogP contribution is 2.01. The van der Waals surface area contributed by atoms with E-state index in [-0.39, 0.29) is 12.1 Å². The summed E-state index contributed by atoms with van der Waals surface area (Å²) in [4.78, 5) is 24.2. The zero-order chi connectivity index (χ0) is 13.4. The van der Waals surface area contributed by atoms with Crippen LogP contribution in [0.3, 0.4) is 0 Å². The van der Waals surface area contributed by atoms with E-state index >= 15 is 0 Å². The molecule has 2 N–H and O–H groups in total. The van der Waals surface area contributed by atoms with Crippen LogP contribution < -0.4 is 5.32 Å². The van der Waals surface area contributed by atoms with E-state index in [0.717, 1.165) is 0 Å². The van der Waals surface area contributed by atoms with Gasteiger partial charge in [-0.25, -0.2) is 9.59 Å². The number of nitrogens with one attached hydrogen (secondary N) is 1. The number of ether oxygens (including phenoxy) is 1. The fraction of sp³-hybridized carbons (Fsp3) is 0.818. The smallest absolute Gasteiger partial charge is 0.326 e. The van der Waals surface area contributed by atoms with Crippen LogP contribution in [-0.4, -0.2) is 54.4 Å². The van der Waals surface area contributed by atoms with Crippen molar-refractivity contribution in [3.8, 4) is 0 Å². The summed E-state index contributed by atoms with van der Waals surface area (Å²) in [5.74, 6) is -1.02. The van der Waals surface area contributed by atoms with Gasteiger partial charge in [-0.1, -0.05) is 6.92 Å². The first-order chi connectivity index (χ1) is 7.93. The van der Waals surface area contributed by atoms with Gasteiger partial charge in [0.2, 0.25) is 0 Å². The summed E-state index contributed by atoms with van der Waals surface area (Å²) in [6.45, 7) is 6.33. The summed E-state index contributed by atoms with van der Waals surface area (Å²) in [6, 6.07) is -1.21. The lowest BCUT2D eigenvalue weighted by molar-refractivity contribution is -0.139. The molecule has 0 bridgehead atoms. The highest BCUT2D eigenvalue weighted by atomic mass is 16.5. The molecule has 0 spiro atoms. The Bertz CT molecular complexity index is 256. The molecular weight excluding hydrogens is 224 g/mol. The molecule has 0 heterocycles. The predicted octanol–water partition coefficient (Wildman–Crippen LogP) is 0.916. The molecular formula is C11H22N2O4. The molecule has 17 heavy (non-hydrogen) atoms. The monoisotopic (exact) mass is 246 g/mol. The summed E-state index contributed by atoms with van der Waals surface area (Å²) in [5, 5.41) is 11.3. The van der Waals surface area contributed by atoms with Crippen molar-refractivity contribution in [2.24, 2.45) is 0 Å². The lowest BCUT2D eigenvalue weighted by atomic mass is 10.2. The Balaban J connectivity index is 4.45. The van der Waals surface area contributed by atoms with Crippen molar-refractivity contribution in [2.45, 2.75) is 39.3 Å². The van der Waals surface area contributed by atoms with Gasteiger partial charge in [-0.05, 0) is 20.3 Å². The maximum absolute atomic E-state index is 11.9. The van der Waals surface area contributed by atoms with E-state index in [1.807, 2.05) is 13.8 Å². The minimum atomic E-state index is -1.02. The number of carbonyl (C=O) groups is 2. The van der Waals surface area contributed by atoms with E-state index in [2.05, 4.69) is 5.32 Å². The molecule has 1 atom stereocenters. The third kappa shape index (κ3) is 5.53. The molecule has 6 heteroatoms. The van der Waals surface area contributed by atoms with Crippen LogP contribution in [0.5, 0.6) is 0 Å². The van der Waals surface area contributed by atoms with E-state index in [9.17, 15) is 9.59 Å². The predicted molar refractivity (Wildman–Crippen MR) is 64.0 cm³/mol. The number of nitrogens with zero attached hydrogens (tertiary/aromatic N) is 1. The van der Waals surface area contributed by atoms with E-state index in [1.165, 1.54) is 0 Å². The van der Waals surface area contributed by atoms with Gasteiger partial charge >= 0.3 is 12.0 Å². The van der Waals surface area contributed by atoms with Crippen molar-refractivity contribution in [1.82, 2.24) is 10.2 Å². The maximum atomic E-state index is 11.9. The van der Waals surface area contributed by atoms with E-state index in [4.69, 9.17) is 9.84 Å². The van der Waals surface area contributed by atoms with Crippen molar-refractivity contribution in [3.05, 3.63) is 0 Å². The lowest BCUT2D eigenvalue weighted by Gasteiger charge is -2.28. The number of carbonyl (C=O) groups excluding carboxylic acids is 1. The second kappa shape index (κ2) is 7.89. The van der Waals surface area contributed by atoms with Crippen molar-refractivity contribution in [3.63, 3.8) is 0 Å². The second-order valence-electron chi connectivity index (χ2n) is 4.03. The molecule has 0 aromatic rings. The molecule has 0 rings (SSSR count). The van der Waals surface area contributed by atoms with Crippen LogP contribution in [-0.2, 0) is 9.53 Å². The quantitative estimate of drug-likeness (QED) is 0.700. The minimum absolute atomic E-state index is 0.00329. The lowest BCUT2D eigenvalue weighted by Crippen LogP contribution is -2.50. The van der Waals surface area contributed by atoms with Crippen LogP contribution in [0.25, 0.3) is 0 Å². The van der Waals surface area contributed by atoms with Crippen LogP contribution >= 0.6 is 0 Å². The first kappa shape index (κ1) is 15.7. The topological polar surface area (TPSA) is 78.9 Å². The molecule has 0 aromatic carbocycles. The molecule has 0 aliphatic heterocycles. The Hall–Kier alpha value is -1.30. The highest BCUT2D eigenvalue weighted by Gasteiger charge is 2.22. The second-order valence-corrected chi connectivity index (χ2v) is 4.03. The van der Waals surface area contributed by atoms with Gasteiger partial charge in [0.15, 0.2) is 0 Å². The van der Waals surface area contributed by atoms with E-state index < -0.39 is 12.0 Å². The number of methoxy groups -OCH3 is 1. The molecule has 6 nitrogen and oxygen atoms in total. The van der Waals surface area contributed by atoms with Gasteiger partial charge in [0.25, 0.3) is 0 Å². The Morgan fingerprint density at radius 1 is 1.41 bits per heavy atom. The number of carboxylic acids is 1. The number of amides is 2.